The van der Waals surface area contributed by atoms with E-state index in [0.29, 0.717) is 0 Å². The normalized spacial score (nSPS) is 10.5. The predicted molar refractivity (Wildman–Crippen MR) is 45.1 cm³/mol. The molecule has 0 saturated heterocycles. The zero-order chi connectivity index (χ0) is 8.55. The summed E-state index contributed by atoms with van der Waals surface area (Å²) in [5, 5.41) is 5.14. The molecule has 62 valence electrons. The molecule has 0 aromatic carbocycles. The van der Waals surface area contributed by atoms with Gasteiger partial charge in [-0.05, 0) is 6.07 Å². The van der Waals surface area contributed by atoms with Crippen LogP contribution in [0.25, 0.3) is 11.0 Å². The van der Waals surface area contributed by atoms with E-state index in [1.165, 1.54) is 0 Å². The van der Waals surface area contributed by atoms with Crippen molar-refractivity contribution in [3.8, 4) is 5.75 Å². The van der Waals surface area contributed by atoms with Crippen LogP contribution in [0.3, 0.4) is 0 Å². The number of rotatable bonds is 1. The molecule has 2 heterocycles. The number of hydrogen-bond acceptors (Lipinski definition) is 3. The number of ether oxygens (including phenoxy) is 1. The third-order valence-electron chi connectivity index (χ3n) is 1.68. The summed E-state index contributed by atoms with van der Waals surface area (Å²) in [6.45, 7) is 0. The fourth-order valence-corrected chi connectivity index (χ4v) is 1.12. The molecule has 0 aliphatic rings. The minimum atomic E-state index is 0.748. The maximum absolute atomic E-state index is 5.03. The van der Waals surface area contributed by atoms with Gasteiger partial charge in [0.05, 0.1) is 13.3 Å². The second kappa shape index (κ2) is 2.48. The van der Waals surface area contributed by atoms with Gasteiger partial charge in [0.2, 0.25) is 0 Å². The van der Waals surface area contributed by atoms with Crippen LogP contribution in [-0.4, -0.2) is 21.9 Å². The fourth-order valence-electron chi connectivity index (χ4n) is 1.12. The third-order valence-corrected chi connectivity index (χ3v) is 1.68. The van der Waals surface area contributed by atoms with Gasteiger partial charge in [0.1, 0.15) is 5.75 Å². The monoisotopic (exact) mass is 163 g/mol. The van der Waals surface area contributed by atoms with Crippen molar-refractivity contribution in [1.82, 2.24) is 14.8 Å². The van der Waals surface area contributed by atoms with Crippen LogP contribution in [0.4, 0.5) is 0 Å². The van der Waals surface area contributed by atoms with E-state index in [1.807, 2.05) is 19.3 Å². The van der Waals surface area contributed by atoms with Crippen LogP contribution in [0.15, 0.2) is 18.5 Å². The minimum Gasteiger partial charge on any atom is -0.495 e. The summed E-state index contributed by atoms with van der Waals surface area (Å²) in [6.07, 6.45) is 3.57. The van der Waals surface area contributed by atoms with Crippen molar-refractivity contribution in [3.05, 3.63) is 18.5 Å². The van der Waals surface area contributed by atoms with E-state index in [4.69, 9.17) is 4.74 Å². The van der Waals surface area contributed by atoms with Gasteiger partial charge in [0.15, 0.2) is 5.65 Å². The van der Waals surface area contributed by atoms with Gasteiger partial charge < -0.3 is 4.74 Å². The highest BCUT2D eigenvalue weighted by Crippen LogP contribution is 2.15. The summed E-state index contributed by atoms with van der Waals surface area (Å²) in [6, 6.07) is 1.91. The predicted octanol–water partition coefficient (Wildman–Crippen LogP) is 0.977. The molecule has 0 unspecified atom stereocenters. The van der Waals surface area contributed by atoms with Crippen LogP contribution in [0.1, 0.15) is 0 Å². The molecule has 2 aromatic rings. The first-order chi connectivity index (χ1) is 5.79. The molecule has 0 amide bonds. The summed E-state index contributed by atoms with van der Waals surface area (Å²) in [5.41, 5.74) is 0.748. The van der Waals surface area contributed by atoms with Crippen molar-refractivity contribution < 1.29 is 4.74 Å². The Labute approximate surface area is 69.8 Å². The molecule has 0 aliphatic heterocycles. The van der Waals surface area contributed by atoms with Crippen LogP contribution >= 0.6 is 0 Å². The lowest BCUT2D eigenvalue weighted by Crippen LogP contribution is -1.86. The summed E-state index contributed by atoms with van der Waals surface area (Å²) in [4.78, 5) is 4.12. The highest BCUT2D eigenvalue weighted by Gasteiger charge is 2.00. The Kier molecular flexibility index (Phi) is 1.46. The van der Waals surface area contributed by atoms with Crippen LogP contribution in [0.5, 0.6) is 5.75 Å². The van der Waals surface area contributed by atoms with Gasteiger partial charge in [-0.25, -0.2) is 4.98 Å². The van der Waals surface area contributed by atoms with Crippen molar-refractivity contribution in [1.29, 1.82) is 0 Å². The lowest BCUT2D eigenvalue weighted by molar-refractivity contribution is 0.413. The highest BCUT2D eigenvalue weighted by molar-refractivity contribution is 5.75. The van der Waals surface area contributed by atoms with Crippen molar-refractivity contribution in [2.24, 2.45) is 7.05 Å². The van der Waals surface area contributed by atoms with E-state index < -0.39 is 0 Å². The second-order valence-corrected chi connectivity index (χ2v) is 2.59. The molecule has 0 fully saturated rings. The van der Waals surface area contributed by atoms with Crippen LogP contribution < -0.4 is 4.74 Å². The quantitative estimate of drug-likeness (QED) is 0.629. The molecule has 0 radical (unpaired) electrons. The zero-order valence-electron chi connectivity index (χ0n) is 6.98. The first-order valence-electron chi connectivity index (χ1n) is 3.63. The molecule has 4 nitrogen and oxygen atoms in total. The molecule has 0 saturated carbocycles. The Morgan fingerprint density at radius 2 is 2.33 bits per heavy atom. The van der Waals surface area contributed by atoms with Crippen molar-refractivity contribution in [2.75, 3.05) is 7.11 Å². The average molecular weight is 163 g/mol. The summed E-state index contributed by atoms with van der Waals surface area (Å²) >= 11 is 0. The first-order valence-corrected chi connectivity index (χ1v) is 3.63. The molecular formula is C8H9N3O. The number of hydrogen-bond donors (Lipinski definition) is 0. The van der Waals surface area contributed by atoms with Gasteiger partial charge in [-0.3, -0.25) is 4.68 Å². The standard InChI is InChI=1S/C8H9N3O/c1-11-5-6-3-7(12-2)4-9-8(6)10-11/h3-5H,1-2H3. The third kappa shape index (κ3) is 1.01. The fraction of sp³-hybridized carbons (Fsp3) is 0.250. The van der Waals surface area contributed by atoms with E-state index in [0.717, 1.165) is 16.8 Å². The van der Waals surface area contributed by atoms with Crippen molar-refractivity contribution in [3.63, 3.8) is 0 Å². The lowest BCUT2D eigenvalue weighted by Gasteiger charge is -1.95. The Morgan fingerprint density at radius 1 is 1.50 bits per heavy atom. The van der Waals surface area contributed by atoms with Gasteiger partial charge >= 0.3 is 0 Å². The maximum atomic E-state index is 5.03. The summed E-state index contributed by atoms with van der Waals surface area (Å²) in [5.74, 6) is 0.760. The average Bonchev–Trinajstić information content (AvgIpc) is 2.43. The molecule has 0 atom stereocenters. The molecule has 0 spiro atoms. The maximum Gasteiger partial charge on any atom is 0.181 e. The van der Waals surface area contributed by atoms with Gasteiger partial charge in [0, 0.05) is 18.6 Å². The first kappa shape index (κ1) is 7.09. The van der Waals surface area contributed by atoms with Crippen molar-refractivity contribution >= 4 is 11.0 Å². The number of nitrogens with zero attached hydrogens (tertiary/aromatic N) is 3. The van der Waals surface area contributed by atoms with Gasteiger partial charge in [-0.15, -0.1) is 0 Å². The molecule has 0 aliphatic carbocycles. The minimum absolute atomic E-state index is 0.748. The van der Waals surface area contributed by atoms with Gasteiger partial charge in [-0.1, -0.05) is 0 Å². The van der Waals surface area contributed by atoms with E-state index in [-0.39, 0.29) is 0 Å². The van der Waals surface area contributed by atoms with E-state index in [1.54, 1.807) is 18.0 Å². The number of aryl methyl sites for hydroxylation is 1. The summed E-state index contributed by atoms with van der Waals surface area (Å²) in [7, 11) is 3.49. The van der Waals surface area contributed by atoms with E-state index in [2.05, 4.69) is 10.1 Å². The molecule has 4 heteroatoms. The van der Waals surface area contributed by atoms with Gasteiger partial charge in [-0.2, -0.15) is 5.10 Å². The number of pyridine rings is 1. The molecule has 0 N–H and O–H groups in total. The Balaban J connectivity index is 2.66. The Morgan fingerprint density at radius 3 is 3.08 bits per heavy atom. The van der Waals surface area contributed by atoms with Crippen LogP contribution in [-0.2, 0) is 7.05 Å². The molecular weight excluding hydrogens is 154 g/mol. The molecule has 2 rings (SSSR count). The van der Waals surface area contributed by atoms with Gasteiger partial charge in [0.25, 0.3) is 0 Å². The van der Waals surface area contributed by atoms with Crippen LogP contribution in [0, 0.1) is 0 Å². The van der Waals surface area contributed by atoms with E-state index in [9.17, 15) is 0 Å². The largest absolute Gasteiger partial charge is 0.495 e. The topological polar surface area (TPSA) is 39.9 Å². The Hall–Kier alpha value is -1.58. The molecule has 2 aromatic heterocycles. The van der Waals surface area contributed by atoms with E-state index >= 15 is 0 Å². The van der Waals surface area contributed by atoms with Crippen LogP contribution in [0.2, 0.25) is 0 Å². The Bertz CT molecular complexity index is 408. The number of methoxy groups -OCH3 is 1. The SMILES string of the molecule is COc1cnc2nn(C)cc2c1. The lowest BCUT2D eigenvalue weighted by atomic mass is 10.3. The summed E-state index contributed by atoms with van der Waals surface area (Å²) < 4.78 is 6.77. The highest BCUT2D eigenvalue weighted by atomic mass is 16.5. The molecule has 12 heavy (non-hydrogen) atoms. The van der Waals surface area contributed by atoms with Crippen molar-refractivity contribution in [2.45, 2.75) is 0 Å². The molecule has 0 bridgehead atoms. The second-order valence-electron chi connectivity index (χ2n) is 2.59. The zero-order valence-corrected chi connectivity index (χ0v) is 6.98. The smallest absolute Gasteiger partial charge is 0.181 e. The number of fused-ring (bicyclic) bond motifs is 1. The number of aromatic nitrogens is 3.